The molecule has 0 radical (unpaired) electrons. The molecular weight excluding hydrogens is 434 g/mol. The molecule has 2 fully saturated rings. The third kappa shape index (κ3) is 3.46. The number of anilines is 1. The number of benzene rings is 2. The molecule has 1 aliphatic carbocycles. The number of fused-ring (bicyclic) bond motifs is 2. The Hall–Kier alpha value is -3.84. The predicted octanol–water partition coefficient (Wildman–Crippen LogP) is 4.79. The zero-order valence-corrected chi connectivity index (χ0v) is 19.5. The highest BCUT2D eigenvalue weighted by molar-refractivity contribution is 5.97. The molecule has 35 heavy (non-hydrogen) atoms. The molecule has 0 amide bonds. The van der Waals surface area contributed by atoms with Crippen LogP contribution in [0.1, 0.15) is 31.0 Å². The molecular formula is C28H27N7. The van der Waals surface area contributed by atoms with Crippen molar-refractivity contribution in [3.63, 3.8) is 0 Å². The van der Waals surface area contributed by atoms with Gasteiger partial charge in [0.1, 0.15) is 22.9 Å². The van der Waals surface area contributed by atoms with E-state index in [2.05, 4.69) is 48.5 Å². The molecule has 7 rings (SSSR count). The van der Waals surface area contributed by atoms with Gasteiger partial charge < -0.3 is 10.6 Å². The minimum absolute atomic E-state index is 0.443. The van der Waals surface area contributed by atoms with Crippen molar-refractivity contribution < 1.29 is 0 Å². The molecule has 5 aromatic rings. The molecule has 2 N–H and O–H groups in total. The van der Waals surface area contributed by atoms with Gasteiger partial charge in [0.05, 0.1) is 11.0 Å². The van der Waals surface area contributed by atoms with Crippen LogP contribution >= 0.6 is 0 Å². The standard InChI is InChI=1S/C28H27N7/c29-27-26-24(20-15-22(19-5-2-1-3-6-19)25-23(16-20)30-7-8-31-25)33-28(35(26)12-9-32-27)21-13-18(14-21)17-34-10-4-11-34/h1-3,5-9,12,15-16,18,21H,4,10-11,13-14,17H2,(H2,29,32). The van der Waals surface area contributed by atoms with Crippen LogP contribution < -0.4 is 5.73 Å². The third-order valence-corrected chi connectivity index (χ3v) is 7.61. The van der Waals surface area contributed by atoms with Crippen LogP contribution in [0.5, 0.6) is 0 Å². The number of rotatable bonds is 5. The molecule has 1 aliphatic heterocycles. The molecule has 4 heterocycles. The van der Waals surface area contributed by atoms with Gasteiger partial charge in [-0.05, 0) is 56.0 Å². The summed E-state index contributed by atoms with van der Waals surface area (Å²) in [5, 5.41) is 0. The van der Waals surface area contributed by atoms with Crippen molar-refractivity contribution in [2.24, 2.45) is 5.92 Å². The molecule has 2 aliphatic rings. The molecule has 0 bridgehead atoms. The highest BCUT2D eigenvalue weighted by Gasteiger charge is 2.36. The average molecular weight is 462 g/mol. The van der Waals surface area contributed by atoms with E-state index in [-0.39, 0.29) is 0 Å². The monoisotopic (exact) mass is 461 g/mol. The maximum absolute atomic E-state index is 6.44. The quantitative estimate of drug-likeness (QED) is 0.405. The van der Waals surface area contributed by atoms with Crippen LogP contribution in [0.2, 0.25) is 0 Å². The van der Waals surface area contributed by atoms with E-state index in [1.165, 1.54) is 38.9 Å². The average Bonchev–Trinajstić information content (AvgIpc) is 3.22. The molecule has 1 saturated heterocycles. The maximum Gasteiger partial charge on any atom is 0.150 e. The summed E-state index contributed by atoms with van der Waals surface area (Å²) in [7, 11) is 0. The Bertz CT molecular complexity index is 1530. The van der Waals surface area contributed by atoms with Gasteiger partial charge in [-0.15, -0.1) is 0 Å². The Morgan fingerprint density at radius 3 is 2.54 bits per heavy atom. The fourth-order valence-electron chi connectivity index (χ4n) is 5.65. The molecule has 7 heteroatoms. The summed E-state index contributed by atoms with van der Waals surface area (Å²) in [6, 6.07) is 14.6. The van der Waals surface area contributed by atoms with Gasteiger partial charge in [-0.1, -0.05) is 30.3 Å². The van der Waals surface area contributed by atoms with Crippen LogP contribution in [-0.2, 0) is 0 Å². The van der Waals surface area contributed by atoms with E-state index in [1.807, 2.05) is 24.4 Å². The lowest BCUT2D eigenvalue weighted by Gasteiger charge is -2.41. The third-order valence-electron chi connectivity index (χ3n) is 7.61. The number of hydrogen-bond donors (Lipinski definition) is 1. The largest absolute Gasteiger partial charge is 0.382 e. The number of aromatic nitrogens is 5. The minimum atomic E-state index is 0.443. The van der Waals surface area contributed by atoms with Gasteiger partial charge in [-0.25, -0.2) is 9.97 Å². The maximum atomic E-state index is 6.44. The lowest BCUT2D eigenvalue weighted by molar-refractivity contribution is 0.107. The van der Waals surface area contributed by atoms with E-state index in [0.29, 0.717) is 11.7 Å². The van der Waals surface area contributed by atoms with Crippen molar-refractivity contribution in [1.29, 1.82) is 0 Å². The van der Waals surface area contributed by atoms with Crippen LogP contribution in [0.25, 0.3) is 38.9 Å². The van der Waals surface area contributed by atoms with Crippen LogP contribution in [0.3, 0.4) is 0 Å². The van der Waals surface area contributed by atoms with Crippen molar-refractivity contribution in [1.82, 2.24) is 29.2 Å². The molecule has 1 saturated carbocycles. The summed E-state index contributed by atoms with van der Waals surface area (Å²) in [5.41, 5.74) is 13.0. The molecule has 0 atom stereocenters. The number of nitrogen functional groups attached to an aromatic ring is 1. The smallest absolute Gasteiger partial charge is 0.150 e. The highest BCUT2D eigenvalue weighted by atomic mass is 15.2. The van der Waals surface area contributed by atoms with Crippen molar-refractivity contribution in [2.45, 2.75) is 25.2 Å². The first-order valence-corrected chi connectivity index (χ1v) is 12.4. The molecule has 0 unspecified atom stereocenters. The topological polar surface area (TPSA) is 85.2 Å². The molecule has 7 nitrogen and oxygen atoms in total. The fraction of sp³-hybridized carbons (Fsp3) is 0.286. The number of hydrogen-bond acceptors (Lipinski definition) is 6. The first-order valence-electron chi connectivity index (χ1n) is 12.4. The summed E-state index contributed by atoms with van der Waals surface area (Å²) in [6.45, 7) is 3.74. The van der Waals surface area contributed by atoms with E-state index in [9.17, 15) is 0 Å². The number of nitrogens with two attached hydrogens (primary N) is 1. The Morgan fingerprint density at radius 1 is 0.914 bits per heavy atom. The second-order valence-corrected chi connectivity index (χ2v) is 9.85. The van der Waals surface area contributed by atoms with E-state index in [0.717, 1.165) is 50.7 Å². The van der Waals surface area contributed by atoms with Crippen molar-refractivity contribution in [2.75, 3.05) is 25.4 Å². The SMILES string of the molecule is Nc1nccn2c(C3CC(CN4CCC4)C3)nc(-c3cc(-c4ccccc4)c4nccnc4c3)c12. The Labute approximate surface area is 203 Å². The van der Waals surface area contributed by atoms with Crippen LogP contribution in [0.4, 0.5) is 5.82 Å². The fourth-order valence-corrected chi connectivity index (χ4v) is 5.65. The van der Waals surface area contributed by atoms with Gasteiger partial charge in [0.2, 0.25) is 0 Å². The molecule has 174 valence electrons. The van der Waals surface area contributed by atoms with E-state index >= 15 is 0 Å². The van der Waals surface area contributed by atoms with Crippen LogP contribution in [0.15, 0.2) is 67.3 Å². The molecule has 0 spiro atoms. The Balaban J connectivity index is 1.35. The summed E-state index contributed by atoms with van der Waals surface area (Å²) < 4.78 is 2.16. The zero-order chi connectivity index (χ0) is 23.4. The Kier molecular flexibility index (Phi) is 4.77. The van der Waals surface area contributed by atoms with Gasteiger partial charge in [0.25, 0.3) is 0 Å². The van der Waals surface area contributed by atoms with Crippen molar-refractivity contribution in [3.8, 4) is 22.4 Å². The van der Waals surface area contributed by atoms with Gasteiger partial charge in [-0.2, -0.15) is 0 Å². The van der Waals surface area contributed by atoms with Gasteiger partial charge >= 0.3 is 0 Å². The summed E-state index contributed by atoms with van der Waals surface area (Å²) in [5.74, 6) is 2.79. The lowest BCUT2D eigenvalue weighted by atomic mass is 9.74. The van der Waals surface area contributed by atoms with Gasteiger partial charge in [0, 0.05) is 48.4 Å². The first-order chi connectivity index (χ1) is 17.2. The van der Waals surface area contributed by atoms with Gasteiger partial charge in [0.15, 0.2) is 0 Å². The lowest BCUT2D eigenvalue weighted by Crippen LogP contribution is -2.43. The van der Waals surface area contributed by atoms with E-state index < -0.39 is 0 Å². The van der Waals surface area contributed by atoms with Gasteiger partial charge in [-0.3, -0.25) is 14.4 Å². The number of likely N-dealkylation sites (tertiary alicyclic amines) is 1. The van der Waals surface area contributed by atoms with Crippen molar-refractivity contribution in [3.05, 3.63) is 73.1 Å². The second-order valence-electron chi connectivity index (χ2n) is 9.85. The summed E-state index contributed by atoms with van der Waals surface area (Å²) >= 11 is 0. The zero-order valence-electron chi connectivity index (χ0n) is 19.5. The van der Waals surface area contributed by atoms with Crippen LogP contribution in [-0.4, -0.2) is 48.9 Å². The summed E-state index contributed by atoms with van der Waals surface area (Å²) in [4.78, 5) is 21.5. The Morgan fingerprint density at radius 2 is 1.74 bits per heavy atom. The minimum Gasteiger partial charge on any atom is -0.382 e. The van der Waals surface area contributed by atoms with E-state index in [4.69, 9.17) is 10.7 Å². The second kappa shape index (κ2) is 8.13. The van der Waals surface area contributed by atoms with E-state index in [1.54, 1.807) is 18.6 Å². The molecule has 3 aromatic heterocycles. The normalized spacial score (nSPS) is 20.1. The number of nitrogens with zero attached hydrogens (tertiary/aromatic N) is 6. The van der Waals surface area contributed by atoms with Crippen LogP contribution in [0, 0.1) is 5.92 Å². The highest BCUT2D eigenvalue weighted by Crippen LogP contribution is 2.44. The first kappa shape index (κ1) is 20.5. The predicted molar refractivity (Wildman–Crippen MR) is 138 cm³/mol. The van der Waals surface area contributed by atoms with Crippen molar-refractivity contribution >= 4 is 22.4 Å². The number of imidazole rings is 1. The molecule has 2 aromatic carbocycles. The summed E-state index contributed by atoms with van der Waals surface area (Å²) in [6.07, 6.45) is 10.9.